The number of imidazole rings is 1. The van der Waals surface area contributed by atoms with E-state index in [2.05, 4.69) is 191 Å². The smallest absolute Gasteiger partial charge is 0.145 e. The number of nitrogens with zero attached hydrogens (tertiary/aromatic N) is 4. The van der Waals surface area contributed by atoms with Gasteiger partial charge in [-0.05, 0) is 65.7 Å². The van der Waals surface area contributed by atoms with Gasteiger partial charge in [0.1, 0.15) is 5.82 Å². The number of hydrogen-bond donors (Lipinski definition) is 0. The summed E-state index contributed by atoms with van der Waals surface area (Å²) in [6.07, 6.45) is 0. The first kappa shape index (κ1) is 30.3. The molecule has 0 saturated carbocycles. The Kier molecular flexibility index (Phi) is 6.82. The van der Waals surface area contributed by atoms with Crippen molar-refractivity contribution in [1.82, 2.24) is 19.1 Å². The van der Waals surface area contributed by atoms with E-state index in [4.69, 9.17) is 9.97 Å². The number of aromatic nitrogens is 4. The summed E-state index contributed by atoms with van der Waals surface area (Å²) >= 11 is 0. The summed E-state index contributed by atoms with van der Waals surface area (Å²) in [5, 5.41) is 6.04. The van der Waals surface area contributed by atoms with Crippen molar-refractivity contribution in [3.8, 4) is 45.1 Å². The monoisotopic (exact) mass is 688 g/mol. The van der Waals surface area contributed by atoms with Gasteiger partial charge in [-0.3, -0.25) is 4.57 Å². The summed E-state index contributed by atoms with van der Waals surface area (Å²) in [6, 6.07) is 68.9. The maximum atomic E-state index is 5.31. The fourth-order valence-corrected chi connectivity index (χ4v) is 8.27. The van der Waals surface area contributed by atoms with E-state index >= 15 is 0 Å². The lowest BCUT2D eigenvalue weighted by molar-refractivity contribution is 1.10. The summed E-state index contributed by atoms with van der Waals surface area (Å²) in [5.74, 6) is 0.930. The molecule has 0 aliphatic rings. The highest BCUT2D eigenvalue weighted by molar-refractivity contribution is 6.29. The molecule has 0 bridgehead atoms. The third-order valence-electron chi connectivity index (χ3n) is 10.7. The number of para-hydroxylation sites is 6. The van der Waals surface area contributed by atoms with Crippen LogP contribution in [-0.4, -0.2) is 19.1 Å². The van der Waals surface area contributed by atoms with Gasteiger partial charge in [-0.1, -0.05) is 140 Å². The predicted octanol–water partition coefficient (Wildman–Crippen LogP) is 12.8. The molecule has 0 unspecified atom stereocenters. The molecule has 11 aromatic rings. The molecule has 0 aliphatic carbocycles. The Bertz CT molecular complexity index is 3170. The van der Waals surface area contributed by atoms with Gasteiger partial charge in [-0.25, -0.2) is 9.97 Å². The number of rotatable bonds is 5. The van der Waals surface area contributed by atoms with E-state index in [1.54, 1.807) is 0 Å². The van der Waals surface area contributed by atoms with E-state index in [0.29, 0.717) is 0 Å². The highest BCUT2D eigenvalue weighted by atomic mass is 15.1. The van der Waals surface area contributed by atoms with Gasteiger partial charge in [-0.15, -0.1) is 0 Å². The van der Waals surface area contributed by atoms with Crippen molar-refractivity contribution in [3.63, 3.8) is 0 Å². The van der Waals surface area contributed by atoms with Crippen LogP contribution in [0.3, 0.4) is 0 Å². The van der Waals surface area contributed by atoms with Crippen LogP contribution >= 0.6 is 0 Å². The van der Waals surface area contributed by atoms with Crippen LogP contribution in [0.4, 0.5) is 0 Å². The minimum atomic E-state index is 0.930. The van der Waals surface area contributed by atoms with Gasteiger partial charge in [0.25, 0.3) is 0 Å². The molecule has 4 heteroatoms. The summed E-state index contributed by atoms with van der Waals surface area (Å²) < 4.78 is 4.63. The van der Waals surface area contributed by atoms with Crippen LogP contribution in [0.1, 0.15) is 0 Å². The molecule has 0 N–H and O–H groups in total. The molecule has 3 aromatic heterocycles. The van der Waals surface area contributed by atoms with E-state index in [1.807, 2.05) is 12.1 Å². The lowest BCUT2D eigenvalue weighted by Crippen LogP contribution is -1.97. The molecule has 0 radical (unpaired) electrons. The average molecular weight is 689 g/mol. The minimum Gasteiger partial charge on any atom is -0.309 e. The van der Waals surface area contributed by atoms with Gasteiger partial charge in [0.05, 0.1) is 33.3 Å². The summed E-state index contributed by atoms with van der Waals surface area (Å²) in [7, 11) is 0. The van der Waals surface area contributed by atoms with Crippen LogP contribution in [0.15, 0.2) is 194 Å². The highest BCUT2D eigenvalue weighted by Crippen LogP contribution is 2.42. The molecule has 0 amide bonds. The lowest BCUT2D eigenvalue weighted by atomic mass is 9.95. The zero-order valence-electron chi connectivity index (χ0n) is 29.3. The zero-order chi connectivity index (χ0) is 35.6. The predicted molar refractivity (Wildman–Crippen MR) is 225 cm³/mol. The Hall–Kier alpha value is -7.30. The molecule has 4 nitrogen and oxygen atoms in total. The first-order valence-electron chi connectivity index (χ1n) is 18.3. The molecule has 0 atom stereocenters. The molecule has 0 saturated heterocycles. The molecule has 11 rings (SSSR count). The third-order valence-corrected chi connectivity index (χ3v) is 10.7. The van der Waals surface area contributed by atoms with Crippen LogP contribution in [0.5, 0.6) is 0 Å². The maximum Gasteiger partial charge on any atom is 0.145 e. The fourth-order valence-electron chi connectivity index (χ4n) is 8.27. The van der Waals surface area contributed by atoms with Crippen LogP contribution < -0.4 is 0 Å². The lowest BCUT2D eigenvalue weighted by Gasteiger charge is -2.13. The largest absolute Gasteiger partial charge is 0.309 e. The molecule has 252 valence electrons. The third kappa shape index (κ3) is 4.70. The van der Waals surface area contributed by atoms with E-state index in [1.165, 1.54) is 27.2 Å². The Morgan fingerprint density at radius 2 is 0.833 bits per heavy atom. The Balaban J connectivity index is 1.03. The molecule has 0 spiro atoms. The normalized spacial score (nSPS) is 11.7. The highest BCUT2D eigenvalue weighted by Gasteiger charge is 2.20. The fraction of sp³-hybridized carbons (Fsp3) is 0. The topological polar surface area (TPSA) is 35.6 Å². The van der Waals surface area contributed by atoms with Crippen LogP contribution in [0, 0.1) is 0 Å². The summed E-state index contributed by atoms with van der Waals surface area (Å²) in [4.78, 5) is 10.4. The molecular weight excluding hydrogens is 657 g/mol. The van der Waals surface area contributed by atoms with Crippen molar-refractivity contribution in [2.75, 3.05) is 0 Å². The van der Waals surface area contributed by atoms with Crippen LogP contribution in [0.25, 0.3) is 99.7 Å². The van der Waals surface area contributed by atoms with Gasteiger partial charge in [0, 0.05) is 49.4 Å². The minimum absolute atomic E-state index is 0.930. The van der Waals surface area contributed by atoms with Crippen LogP contribution in [-0.2, 0) is 0 Å². The number of hydrogen-bond acceptors (Lipinski definition) is 2. The number of pyridine rings is 1. The van der Waals surface area contributed by atoms with Crippen molar-refractivity contribution >= 4 is 54.5 Å². The molecule has 0 fully saturated rings. The quantitative estimate of drug-likeness (QED) is 0.169. The Labute approximate surface area is 311 Å². The molecule has 8 aromatic carbocycles. The SMILES string of the molecule is c1ccc(-n2c(-c3ccc(-c4ccc(-c5nc6ccccc6c6c5ccc5c6c6ccccc6n5-c5ccccc5)cc4)cc3)nc3ccccc32)cc1. The van der Waals surface area contributed by atoms with Gasteiger partial charge in [-0.2, -0.15) is 0 Å². The molecule has 0 aliphatic heterocycles. The van der Waals surface area contributed by atoms with Crippen molar-refractivity contribution in [3.05, 3.63) is 194 Å². The van der Waals surface area contributed by atoms with Crippen LogP contribution in [0.2, 0.25) is 0 Å². The molecular formula is C50H32N4. The second-order valence-corrected chi connectivity index (χ2v) is 13.8. The second-order valence-electron chi connectivity index (χ2n) is 13.8. The molecule has 3 heterocycles. The van der Waals surface area contributed by atoms with E-state index in [9.17, 15) is 0 Å². The van der Waals surface area contributed by atoms with Crippen molar-refractivity contribution < 1.29 is 0 Å². The van der Waals surface area contributed by atoms with Crippen molar-refractivity contribution in [1.29, 1.82) is 0 Å². The number of benzene rings is 8. The summed E-state index contributed by atoms with van der Waals surface area (Å²) in [5.41, 5.74) is 13.2. The first-order chi connectivity index (χ1) is 26.8. The first-order valence-corrected chi connectivity index (χ1v) is 18.3. The Morgan fingerprint density at radius 1 is 0.296 bits per heavy atom. The second kappa shape index (κ2) is 12.1. The average Bonchev–Trinajstić information content (AvgIpc) is 3.81. The summed E-state index contributed by atoms with van der Waals surface area (Å²) in [6.45, 7) is 0. The van der Waals surface area contributed by atoms with E-state index in [0.717, 1.165) is 72.5 Å². The standard InChI is InChI=1S/C50H32N4/c1-3-13-37(14-4-1)53-44-21-11-8-18-40(44)48-46(53)32-31-41-47(48)39-17-7-9-19-42(39)51-49(41)35-27-23-33(24-28-35)34-25-29-36(30-26-34)50-52-43-20-10-12-22-45(43)54(50)38-15-5-2-6-16-38/h1-32H. The van der Waals surface area contributed by atoms with Gasteiger partial charge >= 0.3 is 0 Å². The van der Waals surface area contributed by atoms with E-state index in [-0.39, 0.29) is 0 Å². The maximum absolute atomic E-state index is 5.31. The van der Waals surface area contributed by atoms with Crippen molar-refractivity contribution in [2.45, 2.75) is 0 Å². The number of fused-ring (bicyclic) bond motifs is 8. The Morgan fingerprint density at radius 3 is 1.54 bits per heavy atom. The van der Waals surface area contributed by atoms with Gasteiger partial charge in [0.2, 0.25) is 0 Å². The molecule has 54 heavy (non-hydrogen) atoms. The van der Waals surface area contributed by atoms with Gasteiger partial charge in [0.15, 0.2) is 0 Å². The van der Waals surface area contributed by atoms with Gasteiger partial charge < -0.3 is 4.57 Å². The van der Waals surface area contributed by atoms with Crippen molar-refractivity contribution in [2.24, 2.45) is 0 Å². The zero-order valence-corrected chi connectivity index (χ0v) is 29.3. The van der Waals surface area contributed by atoms with E-state index < -0.39 is 0 Å².